The van der Waals surface area contributed by atoms with E-state index in [-0.39, 0.29) is 11.9 Å². The fraction of sp³-hybridized carbons (Fsp3) is 0.455. The van der Waals surface area contributed by atoms with E-state index in [2.05, 4.69) is 15.0 Å². The van der Waals surface area contributed by atoms with Gasteiger partial charge in [0.05, 0.1) is 0 Å². The highest BCUT2D eigenvalue weighted by Crippen LogP contribution is 2.07. The van der Waals surface area contributed by atoms with Crippen LogP contribution in [-0.4, -0.2) is 30.6 Å². The fourth-order valence-corrected chi connectivity index (χ4v) is 1.91. The van der Waals surface area contributed by atoms with Crippen LogP contribution in [0.5, 0.6) is 0 Å². The van der Waals surface area contributed by atoms with Gasteiger partial charge in [0.25, 0.3) is 5.56 Å². The van der Waals surface area contributed by atoms with E-state index < -0.39 is 17.2 Å². The molecule has 0 atom stereocenters. The van der Waals surface area contributed by atoms with Gasteiger partial charge in [-0.05, 0) is 13.3 Å². The van der Waals surface area contributed by atoms with E-state index in [1.54, 1.807) is 6.92 Å². The first-order valence-corrected chi connectivity index (χ1v) is 5.96. The van der Waals surface area contributed by atoms with Crippen molar-refractivity contribution < 1.29 is 9.90 Å². The van der Waals surface area contributed by atoms with Gasteiger partial charge in [0.1, 0.15) is 11.3 Å². The lowest BCUT2D eigenvalue weighted by Gasteiger charge is -1.99. The number of carbonyl (C=O) groups is 1. The summed E-state index contributed by atoms with van der Waals surface area (Å²) < 4.78 is 1.36. The first-order valence-electron chi connectivity index (χ1n) is 5.96. The van der Waals surface area contributed by atoms with Gasteiger partial charge in [-0.1, -0.05) is 0 Å². The molecule has 0 spiro atoms. The topological polar surface area (TPSA) is 121 Å². The molecule has 0 amide bonds. The molecule has 0 aliphatic heterocycles. The molecule has 8 heteroatoms. The second-order valence-electron chi connectivity index (χ2n) is 4.13. The van der Waals surface area contributed by atoms with E-state index in [9.17, 15) is 14.4 Å². The zero-order chi connectivity index (χ0) is 14.0. The molecule has 0 aromatic carbocycles. The molecule has 0 fully saturated rings. The number of nitrogens with one attached hydrogen (secondary N) is 2. The van der Waals surface area contributed by atoms with Crippen LogP contribution in [0.3, 0.4) is 0 Å². The molecule has 2 heterocycles. The second-order valence-corrected chi connectivity index (χ2v) is 4.13. The number of hydrogen-bond donors (Lipinski definition) is 3. The van der Waals surface area contributed by atoms with Crippen LogP contribution < -0.4 is 11.2 Å². The third-order valence-electron chi connectivity index (χ3n) is 2.80. The Balaban J connectivity index is 2.39. The standard InChI is InChI=1S/C11H14N4O4/c1-2-15-9-8(10(18)14-11(15)19)12-6(13-9)4-3-5-7(16)17/h2-5H2,1H3,(H,12,13)(H,16,17)(H,14,18,19). The summed E-state index contributed by atoms with van der Waals surface area (Å²) in [6, 6.07) is 0. The lowest BCUT2D eigenvalue weighted by atomic mass is 10.2. The van der Waals surface area contributed by atoms with Gasteiger partial charge in [-0.15, -0.1) is 0 Å². The maximum atomic E-state index is 11.6. The molecule has 0 bridgehead atoms. The minimum Gasteiger partial charge on any atom is -0.481 e. The van der Waals surface area contributed by atoms with Crippen LogP contribution in [0.2, 0.25) is 0 Å². The number of rotatable bonds is 5. The van der Waals surface area contributed by atoms with Crippen molar-refractivity contribution in [2.75, 3.05) is 0 Å². The monoisotopic (exact) mass is 266 g/mol. The third-order valence-corrected chi connectivity index (χ3v) is 2.80. The number of aromatic nitrogens is 4. The van der Waals surface area contributed by atoms with Crippen molar-refractivity contribution in [1.82, 2.24) is 19.5 Å². The molecule has 8 nitrogen and oxygen atoms in total. The largest absolute Gasteiger partial charge is 0.481 e. The lowest BCUT2D eigenvalue weighted by Crippen LogP contribution is -2.29. The summed E-state index contributed by atoms with van der Waals surface area (Å²) in [6.07, 6.45) is 0.871. The average Bonchev–Trinajstić information content (AvgIpc) is 2.73. The van der Waals surface area contributed by atoms with Crippen LogP contribution >= 0.6 is 0 Å². The number of carboxylic acid groups (broad SMARTS) is 1. The minimum atomic E-state index is -0.876. The molecule has 2 rings (SSSR count). The fourth-order valence-electron chi connectivity index (χ4n) is 1.91. The van der Waals surface area contributed by atoms with Crippen LogP contribution in [-0.2, 0) is 17.8 Å². The summed E-state index contributed by atoms with van der Waals surface area (Å²) in [6.45, 7) is 2.17. The maximum absolute atomic E-state index is 11.6. The van der Waals surface area contributed by atoms with E-state index in [1.807, 2.05) is 0 Å². The quantitative estimate of drug-likeness (QED) is 0.694. The molecule has 2 aromatic rings. The zero-order valence-corrected chi connectivity index (χ0v) is 10.4. The Morgan fingerprint density at radius 1 is 1.37 bits per heavy atom. The second kappa shape index (κ2) is 5.09. The number of aromatic amines is 2. The van der Waals surface area contributed by atoms with Crippen LogP contribution in [0, 0.1) is 0 Å². The van der Waals surface area contributed by atoms with Gasteiger partial charge in [-0.3, -0.25) is 19.1 Å². The van der Waals surface area contributed by atoms with Crippen molar-refractivity contribution in [2.45, 2.75) is 32.7 Å². The van der Waals surface area contributed by atoms with E-state index in [0.29, 0.717) is 30.9 Å². The van der Waals surface area contributed by atoms with Gasteiger partial charge in [0, 0.05) is 19.4 Å². The van der Waals surface area contributed by atoms with Crippen LogP contribution in [0.1, 0.15) is 25.6 Å². The predicted octanol–water partition coefficient (Wildman–Crippen LogP) is -0.160. The number of aliphatic carboxylic acids is 1. The predicted molar refractivity (Wildman–Crippen MR) is 67.2 cm³/mol. The Bertz CT molecular complexity index is 724. The lowest BCUT2D eigenvalue weighted by molar-refractivity contribution is -0.137. The first-order chi connectivity index (χ1) is 9.02. The molecule has 0 saturated carbocycles. The molecular weight excluding hydrogens is 252 g/mol. The molecule has 0 aliphatic carbocycles. The summed E-state index contributed by atoms with van der Waals surface area (Å²) in [7, 11) is 0. The van der Waals surface area contributed by atoms with Gasteiger partial charge in [-0.25, -0.2) is 9.78 Å². The number of aryl methyl sites for hydroxylation is 2. The normalized spacial score (nSPS) is 11.0. The molecule has 19 heavy (non-hydrogen) atoms. The number of fused-ring (bicyclic) bond motifs is 1. The highest BCUT2D eigenvalue weighted by Gasteiger charge is 2.12. The number of H-pyrrole nitrogens is 2. The van der Waals surface area contributed by atoms with Crippen molar-refractivity contribution >= 4 is 17.1 Å². The highest BCUT2D eigenvalue weighted by molar-refractivity contribution is 5.69. The van der Waals surface area contributed by atoms with Crippen molar-refractivity contribution in [2.24, 2.45) is 0 Å². The highest BCUT2D eigenvalue weighted by atomic mass is 16.4. The SMILES string of the molecule is CCn1c(=O)[nH]c(=O)c2[nH]c(CCCC(=O)O)nc21. The summed E-state index contributed by atoms with van der Waals surface area (Å²) in [4.78, 5) is 42.9. The van der Waals surface area contributed by atoms with Crippen molar-refractivity contribution in [3.8, 4) is 0 Å². The average molecular weight is 266 g/mol. The molecule has 0 saturated heterocycles. The van der Waals surface area contributed by atoms with E-state index >= 15 is 0 Å². The maximum Gasteiger partial charge on any atom is 0.330 e. The molecule has 2 aromatic heterocycles. The zero-order valence-electron chi connectivity index (χ0n) is 10.4. The number of imidazole rings is 1. The van der Waals surface area contributed by atoms with E-state index in [4.69, 9.17) is 5.11 Å². The Morgan fingerprint density at radius 2 is 2.11 bits per heavy atom. The first kappa shape index (κ1) is 13.1. The van der Waals surface area contributed by atoms with Gasteiger partial charge >= 0.3 is 11.7 Å². The smallest absolute Gasteiger partial charge is 0.330 e. The van der Waals surface area contributed by atoms with Crippen LogP contribution in [0.4, 0.5) is 0 Å². The summed E-state index contributed by atoms with van der Waals surface area (Å²) in [5.41, 5.74) is -0.460. The number of carboxylic acids is 1. The summed E-state index contributed by atoms with van der Waals surface area (Å²) in [5.74, 6) is -0.367. The summed E-state index contributed by atoms with van der Waals surface area (Å²) in [5, 5.41) is 8.56. The van der Waals surface area contributed by atoms with Crippen molar-refractivity contribution in [3.63, 3.8) is 0 Å². The Morgan fingerprint density at radius 3 is 2.74 bits per heavy atom. The van der Waals surface area contributed by atoms with Crippen LogP contribution in [0.25, 0.3) is 11.2 Å². The van der Waals surface area contributed by atoms with Gasteiger partial charge < -0.3 is 10.1 Å². The molecular formula is C11H14N4O4. The number of hydrogen-bond acceptors (Lipinski definition) is 4. The van der Waals surface area contributed by atoms with E-state index in [0.717, 1.165) is 0 Å². The van der Waals surface area contributed by atoms with Crippen molar-refractivity contribution in [1.29, 1.82) is 0 Å². The van der Waals surface area contributed by atoms with Crippen LogP contribution in [0.15, 0.2) is 9.59 Å². The molecule has 3 N–H and O–H groups in total. The molecule has 0 radical (unpaired) electrons. The van der Waals surface area contributed by atoms with Gasteiger partial charge in [0.15, 0.2) is 5.65 Å². The Kier molecular flexibility index (Phi) is 3.50. The molecule has 102 valence electrons. The van der Waals surface area contributed by atoms with Crippen molar-refractivity contribution in [3.05, 3.63) is 26.7 Å². The Labute approximate surface area is 107 Å². The minimum absolute atomic E-state index is 0.0357. The Hall–Kier alpha value is -2.38. The van der Waals surface area contributed by atoms with E-state index in [1.165, 1.54) is 4.57 Å². The van der Waals surface area contributed by atoms with Gasteiger partial charge in [0.2, 0.25) is 0 Å². The third kappa shape index (κ3) is 2.56. The number of nitrogens with zero attached hydrogens (tertiary/aromatic N) is 2. The van der Waals surface area contributed by atoms with Gasteiger partial charge in [-0.2, -0.15) is 0 Å². The molecule has 0 unspecified atom stereocenters. The molecule has 0 aliphatic rings. The summed E-state index contributed by atoms with van der Waals surface area (Å²) >= 11 is 0.